The average Bonchev–Trinajstić information content (AvgIpc) is 3.84. The summed E-state index contributed by atoms with van der Waals surface area (Å²) in [7, 11) is 0. The van der Waals surface area contributed by atoms with Crippen LogP contribution in [0.15, 0.2) is 109 Å². The molecule has 12 nitrogen and oxygen atoms in total. The van der Waals surface area contributed by atoms with Crippen molar-refractivity contribution in [1.29, 1.82) is 0 Å². The molecule has 3 aromatic heterocycles. The third-order valence-electron chi connectivity index (χ3n) is 10.2. The normalized spacial score (nSPS) is 15.4. The molecule has 280 valence electrons. The zero-order valence-electron chi connectivity index (χ0n) is 30.2. The van der Waals surface area contributed by atoms with Crippen molar-refractivity contribution >= 4 is 11.4 Å². The van der Waals surface area contributed by atoms with Gasteiger partial charge < -0.3 is 14.9 Å². The van der Waals surface area contributed by atoms with Gasteiger partial charge in [-0.15, -0.1) is 5.10 Å². The molecule has 2 atom stereocenters. The maximum atomic E-state index is 16.2. The van der Waals surface area contributed by atoms with Gasteiger partial charge in [-0.05, 0) is 76.9 Å². The molecule has 1 N–H and O–H groups in total. The van der Waals surface area contributed by atoms with E-state index in [9.17, 15) is 14.3 Å². The van der Waals surface area contributed by atoms with E-state index in [0.717, 1.165) is 84.4 Å². The highest BCUT2D eigenvalue weighted by molar-refractivity contribution is 5.66. The predicted octanol–water partition coefficient (Wildman–Crippen LogP) is 5.84. The van der Waals surface area contributed by atoms with Gasteiger partial charge in [-0.2, -0.15) is 13.9 Å². The smallest absolute Gasteiger partial charge is 0.350 e. The fourth-order valence-electron chi connectivity index (χ4n) is 7.16. The molecule has 1 saturated heterocycles. The molecule has 6 aromatic rings. The number of nitrogens with zero attached hydrogens (tertiary/aromatic N) is 10. The highest BCUT2D eigenvalue weighted by Gasteiger charge is 2.57. The van der Waals surface area contributed by atoms with Crippen molar-refractivity contribution in [3.8, 4) is 16.8 Å². The molecule has 15 heteroatoms. The Hall–Kier alpha value is -5.83. The van der Waals surface area contributed by atoms with Gasteiger partial charge in [0.05, 0.1) is 18.3 Å². The molecule has 0 radical (unpaired) electrons. The molecule has 0 aliphatic carbocycles. The number of tetrazole rings is 1. The summed E-state index contributed by atoms with van der Waals surface area (Å²) in [4.78, 5) is 21.7. The Morgan fingerprint density at radius 2 is 1.43 bits per heavy atom. The molecule has 1 fully saturated rings. The van der Waals surface area contributed by atoms with Crippen LogP contribution in [0.2, 0.25) is 0 Å². The molecular formula is C39H41F3N10O2. The molecule has 0 bridgehead atoms. The number of hydrogen-bond acceptors (Lipinski definition) is 9. The van der Waals surface area contributed by atoms with Gasteiger partial charge >= 0.3 is 11.6 Å². The minimum atomic E-state index is -4.02. The van der Waals surface area contributed by atoms with Gasteiger partial charge in [-0.25, -0.2) is 23.1 Å². The average molecular weight is 739 g/mol. The Morgan fingerprint density at radius 3 is 1.98 bits per heavy atom. The Bertz CT molecular complexity index is 2220. The van der Waals surface area contributed by atoms with Crippen molar-refractivity contribution in [3.05, 3.63) is 131 Å². The van der Waals surface area contributed by atoms with E-state index in [1.165, 1.54) is 24.4 Å². The van der Waals surface area contributed by atoms with Crippen molar-refractivity contribution < 1.29 is 18.3 Å². The first-order chi connectivity index (χ1) is 26.0. The molecule has 7 rings (SSSR count). The lowest BCUT2D eigenvalue weighted by Gasteiger charge is -2.37. The van der Waals surface area contributed by atoms with Crippen LogP contribution in [-0.2, 0) is 18.1 Å². The monoisotopic (exact) mass is 738 g/mol. The topological polar surface area (TPSA) is 123 Å². The number of piperazine rings is 1. The van der Waals surface area contributed by atoms with Crippen LogP contribution in [0.5, 0.6) is 0 Å². The number of anilines is 2. The predicted molar refractivity (Wildman–Crippen MR) is 198 cm³/mol. The van der Waals surface area contributed by atoms with Crippen molar-refractivity contribution in [3.63, 3.8) is 0 Å². The van der Waals surface area contributed by atoms with E-state index in [4.69, 9.17) is 0 Å². The van der Waals surface area contributed by atoms with Crippen LogP contribution < -0.4 is 15.5 Å². The Labute approximate surface area is 310 Å². The number of aromatic nitrogens is 8. The number of benzene rings is 3. The van der Waals surface area contributed by atoms with E-state index in [1.54, 1.807) is 15.6 Å². The number of hydrogen-bond donors (Lipinski definition) is 1. The molecule has 1 aliphatic rings. The SMILES string of the molecule is CC[C@@H](C(C)C)n1ncn(-c2ccc(N3CCN(c4ccc(-c5ccc(C(F)(F)C(O)(Cn6cnnn6)c6ccccc6F)nc5)cc4)CC3)cc2)c1=O. The zero-order chi connectivity index (χ0) is 38.0. The first-order valence-electron chi connectivity index (χ1n) is 17.9. The summed E-state index contributed by atoms with van der Waals surface area (Å²) in [6.45, 7) is 8.64. The molecule has 4 heterocycles. The van der Waals surface area contributed by atoms with Crippen LogP contribution in [0, 0.1) is 11.7 Å². The first-order valence-corrected chi connectivity index (χ1v) is 17.9. The van der Waals surface area contributed by atoms with E-state index in [-0.39, 0.29) is 11.7 Å². The maximum absolute atomic E-state index is 16.2. The quantitative estimate of drug-likeness (QED) is 0.165. The number of halogens is 3. The van der Waals surface area contributed by atoms with Crippen molar-refractivity contribution in [2.24, 2.45) is 5.92 Å². The van der Waals surface area contributed by atoms with Gasteiger partial charge in [0.1, 0.15) is 24.2 Å². The second-order valence-electron chi connectivity index (χ2n) is 13.8. The first kappa shape index (κ1) is 36.5. The summed E-state index contributed by atoms with van der Waals surface area (Å²) in [5, 5.41) is 26.4. The van der Waals surface area contributed by atoms with E-state index < -0.39 is 35.1 Å². The fraction of sp³-hybridized carbons (Fsp3) is 0.333. The fourth-order valence-corrected chi connectivity index (χ4v) is 7.16. The minimum absolute atomic E-state index is 0.0505. The van der Waals surface area contributed by atoms with Crippen molar-refractivity contribution in [2.45, 2.75) is 51.3 Å². The molecule has 1 unspecified atom stereocenters. The van der Waals surface area contributed by atoms with E-state index in [1.807, 2.05) is 48.5 Å². The zero-order valence-corrected chi connectivity index (χ0v) is 30.2. The van der Waals surface area contributed by atoms with Gasteiger partial charge in [-0.3, -0.25) is 4.98 Å². The highest BCUT2D eigenvalue weighted by Crippen LogP contribution is 2.46. The number of pyridine rings is 1. The Morgan fingerprint density at radius 1 is 0.815 bits per heavy atom. The standard InChI is InChI=1S/C39H41F3N10O2/c1-4-35(27(2)3)52-37(53)51(26-45-52)32-16-14-31(15-17-32)49-21-19-48(20-22-49)30-12-9-28(10-13-30)29-11-18-36(43-23-29)39(41,42)38(54,24-50-25-44-46-47-50)33-7-5-6-8-34(33)40/h5-18,23,25-27,35,54H,4,19-22,24H2,1-3H3/t35-,38?/m0/s1. The summed E-state index contributed by atoms with van der Waals surface area (Å²) in [5.41, 5.74) is -0.259. The van der Waals surface area contributed by atoms with Crippen LogP contribution in [0.1, 0.15) is 44.5 Å². The summed E-state index contributed by atoms with van der Waals surface area (Å²) in [6, 6.07) is 23.3. The van der Waals surface area contributed by atoms with Crippen LogP contribution in [0.3, 0.4) is 0 Å². The third kappa shape index (κ3) is 6.86. The lowest BCUT2D eigenvalue weighted by Crippen LogP contribution is -2.48. The summed E-state index contributed by atoms with van der Waals surface area (Å²) in [5.74, 6) is -4.72. The van der Waals surface area contributed by atoms with Crippen molar-refractivity contribution in [1.82, 2.24) is 39.5 Å². The summed E-state index contributed by atoms with van der Waals surface area (Å²) in [6.07, 6.45) is 4.81. The molecule has 54 heavy (non-hydrogen) atoms. The van der Waals surface area contributed by atoms with Gasteiger partial charge in [0.25, 0.3) is 0 Å². The van der Waals surface area contributed by atoms with Gasteiger partial charge in [0, 0.05) is 54.9 Å². The van der Waals surface area contributed by atoms with Gasteiger partial charge in [0.2, 0.25) is 0 Å². The number of rotatable bonds is 12. The van der Waals surface area contributed by atoms with Crippen LogP contribution in [0.25, 0.3) is 16.8 Å². The van der Waals surface area contributed by atoms with E-state index in [0.29, 0.717) is 11.5 Å². The maximum Gasteiger partial charge on any atom is 0.350 e. The summed E-state index contributed by atoms with van der Waals surface area (Å²) < 4.78 is 51.3. The second kappa shape index (κ2) is 14.9. The van der Waals surface area contributed by atoms with Gasteiger partial charge in [0.15, 0.2) is 5.60 Å². The second-order valence-corrected chi connectivity index (χ2v) is 13.8. The van der Waals surface area contributed by atoms with E-state index >= 15 is 8.78 Å². The number of alkyl halides is 2. The molecule has 0 amide bonds. The minimum Gasteiger partial charge on any atom is -0.377 e. The Balaban J connectivity index is 1.000. The molecule has 0 spiro atoms. The Kier molecular flexibility index (Phi) is 10.1. The lowest BCUT2D eigenvalue weighted by atomic mass is 9.84. The van der Waals surface area contributed by atoms with Crippen LogP contribution >= 0.6 is 0 Å². The van der Waals surface area contributed by atoms with Crippen molar-refractivity contribution in [2.75, 3.05) is 36.0 Å². The lowest BCUT2D eigenvalue weighted by molar-refractivity contribution is -0.207. The van der Waals surface area contributed by atoms with Gasteiger partial charge in [-0.1, -0.05) is 57.2 Å². The highest BCUT2D eigenvalue weighted by atomic mass is 19.3. The third-order valence-corrected chi connectivity index (χ3v) is 10.2. The van der Waals surface area contributed by atoms with E-state index in [2.05, 4.69) is 56.2 Å². The van der Waals surface area contributed by atoms with Crippen LogP contribution in [0.4, 0.5) is 24.5 Å². The number of aliphatic hydroxyl groups is 1. The van der Waals surface area contributed by atoms with Crippen LogP contribution in [-0.4, -0.2) is 70.8 Å². The molecule has 3 aromatic carbocycles. The summed E-state index contributed by atoms with van der Waals surface area (Å²) >= 11 is 0. The molecular weight excluding hydrogens is 697 g/mol. The largest absolute Gasteiger partial charge is 0.377 e. The molecule has 1 aliphatic heterocycles. The molecule has 0 saturated carbocycles.